The van der Waals surface area contributed by atoms with Crippen LogP contribution >= 0.6 is 11.8 Å². The molecule has 0 spiro atoms. The number of nitrogens with one attached hydrogen (secondary N) is 1. The fourth-order valence-electron chi connectivity index (χ4n) is 3.67. The van der Waals surface area contributed by atoms with Gasteiger partial charge in [0, 0.05) is 23.6 Å². The molecule has 180 valence electrons. The fourth-order valence-corrected chi connectivity index (χ4v) is 4.43. The van der Waals surface area contributed by atoms with Crippen molar-refractivity contribution in [1.82, 2.24) is 25.1 Å². The molecule has 0 fully saturated rings. The van der Waals surface area contributed by atoms with Gasteiger partial charge in [0.15, 0.2) is 11.0 Å². The molecule has 4 rings (SSSR count). The monoisotopic (exact) mass is 487 g/mol. The number of rotatable bonds is 9. The summed E-state index contributed by atoms with van der Waals surface area (Å²) in [6, 6.07) is 17.7. The fraction of sp³-hybridized carbons (Fsp3) is 0.259. The van der Waals surface area contributed by atoms with Gasteiger partial charge in [-0.2, -0.15) is 0 Å². The van der Waals surface area contributed by atoms with Crippen LogP contribution in [0.5, 0.6) is 5.75 Å². The van der Waals surface area contributed by atoms with E-state index in [1.165, 1.54) is 22.9 Å². The maximum absolute atomic E-state index is 12.8. The molecule has 1 atom stereocenters. The van der Waals surface area contributed by atoms with Gasteiger partial charge in [-0.05, 0) is 80.8 Å². The summed E-state index contributed by atoms with van der Waals surface area (Å²) in [5.41, 5.74) is 5.25. The molecular weight excluding hydrogens is 458 g/mol. The van der Waals surface area contributed by atoms with E-state index in [-0.39, 0.29) is 17.7 Å². The summed E-state index contributed by atoms with van der Waals surface area (Å²) in [6.45, 7) is 8.71. The molecule has 2 aromatic carbocycles. The average Bonchev–Trinajstić information content (AvgIpc) is 3.29. The number of carbonyl (C=O) groups is 1. The lowest BCUT2D eigenvalue weighted by Gasteiger charge is -2.16. The SMILES string of the molecule is CCOc1ccc(-n2c(SCC(=O)NC(C)c3ccc(C)c(C)c3)nnc2-c2cccnc2)cc1. The summed E-state index contributed by atoms with van der Waals surface area (Å²) in [4.78, 5) is 17.0. The number of hydrogen-bond donors (Lipinski definition) is 1. The largest absolute Gasteiger partial charge is 0.494 e. The lowest BCUT2D eigenvalue weighted by molar-refractivity contribution is -0.119. The van der Waals surface area contributed by atoms with E-state index in [0.717, 1.165) is 22.6 Å². The van der Waals surface area contributed by atoms with Crippen molar-refractivity contribution in [3.63, 3.8) is 0 Å². The number of amides is 1. The summed E-state index contributed by atoms with van der Waals surface area (Å²) in [5, 5.41) is 12.5. The first-order valence-corrected chi connectivity index (χ1v) is 12.5. The number of benzene rings is 2. The molecule has 2 heterocycles. The quantitative estimate of drug-likeness (QED) is 0.322. The Hall–Kier alpha value is -3.65. The van der Waals surface area contributed by atoms with Crippen molar-refractivity contribution < 1.29 is 9.53 Å². The number of aryl methyl sites for hydroxylation is 2. The van der Waals surface area contributed by atoms with E-state index >= 15 is 0 Å². The van der Waals surface area contributed by atoms with Gasteiger partial charge in [-0.3, -0.25) is 14.3 Å². The number of pyridine rings is 1. The predicted octanol–water partition coefficient (Wildman–Crippen LogP) is 5.31. The van der Waals surface area contributed by atoms with Crippen LogP contribution < -0.4 is 10.1 Å². The predicted molar refractivity (Wildman–Crippen MR) is 139 cm³/mol. The number of nitrogens with zero attached hydrogens (tertiary/aromatic N) is 4. The number of hydrogen-bond acceptors (Lipinski definition) is 6. The van der Waals surface area contributed by atoms with E-state index in [4.69, 9.17) is 4.74 Å². The standard InChI is InChI=1S/C27H29N5O2S/c1-5-34-24-12-10-23(11-13-24)32-26(22-7-6-14-28-16-22)30-31-27(32)35-17-25(33)29-20(4)21-9-8-18(2)19(3)15-21/h6-16,20H,5,17H2,1-4H3,(H,29,33). The molecule has 7 nitrogen and oxygen atoms in total. The third-order valence-electron chi connectivity index (χ3n) is 5.70. The second-order valence-electron chi connectivity index (χ2n) is 8.23. The maximum atomic E-state index is 12.8. The summed E-state index contributed by atoms with van der Waals surface area (Å²) in [5.74, 6) is 1.61. The van der Waals surface area contributed by atoms with Crippen molar-refractivity contribution >= 4 is 17.7 Å². The van der Waals surface area contributed by atoms with Gasteiger partial charge in [0.1, 0.15) is 5.75 Å². The Balaban J connectivity index is 1.53. The van der Waals surface area contributed by atoms with Crippen LogP contribution in [0.25, 0.3) is 17.1 Å². The highest BCUT2D eigenvalue weighted by atomic mass is 32.2. The Morgan fingerprint density at radius 3 is 2.57 bits per heavy atom. The van der Waals surface area contributed by atoms with E-state index < -0.39 is 0 Å². The van der Waals surface area contributed by atoms with Crippen LogP contribution in [0, 0.1) is 13.8 Å². The van der Waals surface area contributed by atoms with Crippen LogP contribution in [-0.2, 0) is 4.79 Å². The number of aromatic nitrogens is 4. The molecule has 1 amide bonds. The minimum absolute atomic E-state index is 0.0649. The molecule has 0 radical (unpaired) electrons. The molecule has 0 bridgehead atoms. The topological polar surface area (TPSA) is 81.9 Å². The minimum Gasteiger partial charge on any atom is -0.494 e. The molecule has 0 aliphatic rings. The van der Waals surface area contributed by atoms with Gasteiger partial charge in [0.2, 0.25) is 5.91 Å². The Labute approximate surface area is 210 Å². The highest BCUT2D eigenvalue weighted by molar-refractivity contribution is 7.99. The molecule has 0 saturated heterocycles. The summed E-state index contributed by atoms with van der Waals surface area (Å²) >= 11 is 1.35. The number of carbonyl (C=O) groups excluding carboxylic acids is 1. The van der Waals surface area contributed by atoms with Crippen LogP contribution in [0.1, 0.15) is 36.6 Å². The number of thioether (sulfide) groups is 1. The first-order valence-electron chi connectivity index (χ1n) is 11.5. The van der Waals surface area contributed by atoms with Crippen LogP contribution in [0.4, 0.5) is 0 Å². The van der Waals surface area contributed by atoms with Gasteiger partial charge in [-0.1, -0.05) is 30.0 Å². The third-order valence-corrected chi connectivity index (χ3v) is 6.63. The molecule has 2 aromatic heterocycles. The van der Waals surface area contributed by atoms with Gasteiger partial charge in [-0.15, -0.1) is 10.2 Å². The van der Waals surface area contributed by atoms with Gasteiger partial charge in [0.25, 0.3) is 0 Å². The minimum atomic E-state index is -0.0858. The Morgan fingerprint density at radius 1 is 1.09 bits per heavy atom. The molecular formula is C27H29N5O2S. The molecule has 1 N–H and O–H groups in total. The smallest absolute Gasteiger partial charge is 0.230 e. The lowest BCUT2D eigenvalue weighted by atomic mass is 10.0. The summed E-state index contributed by atoms with van der Waals surface area (Å²) in [7, 11) is 0. The van der Waals surface area contributed by atoms with Crippen molar-refractivity contribution in [1.29, 1.82) is 0 Å². The summed E-state index contributed by atoms with van der Waals surface area (Å²) < 4.78 is 7.52. The summed E-state index contributed by atoms with van der Waals surface area (Å²) in [6.07, 6.45) is 3.47. The van der Waals surface area contributed by atoms with E-state index in [2.05, 4.69) is 52.5 Å². The van der Waals surface area contributed by atoms with Gasteiger partial charge >= 0.3 is 0 Å². The van der Waals surface area contributed by atoms with Crippen LogP contribution in [-0.4, -0.2) is 38.0 Å². The zero-order chi connectivity index (χ0) is 24.8. The molecule has 0 saturated carbocycles. The zero-order valence-corrected chi connectivity index (χ0v) is 21.2. The van der Waals surface area contributed by atoms with Crippen LogP contribution in [0.15, 0.2) is 72.1 Å². The van der Waals surface area contributed by atoms with Gasteiger partial charge in [-0.25, -0.2) is 0 Å². The van der Waals surface area contributed by atoms with E-state index in [9.17, 15) is 4.79 Å². The average molecular weight is 488 g/mol. The second kappa shape index (κ2) is 11.2. The molecule has 0 aliphatic carbocycles. The zero-order valence-electron chi connectivity index (χ0n) is 20.4. The Kier molecular flexibility index (Phi) is 7.82. The first kappa shape index (κ1) is 24.5. The molecule has 35 heavy (non-hydrogen) atoms. The lowest BCUT2D eigenvalue weighted by Crippen LogP contribution is -2.28. The van der Waals surface area contributed by atoms with Crippen molar-refractivity contribution in [2.75, 3.05) is 12.4 Å². The van der Waals surface area contributed by atoms with Gasteiger partial charge < -0.3 is 10.1 Å². The van der Waals surface area contributed by atoms with E-state index in [1.807, 2.05) is 54.8 Å². The van der Waals surface area contributed by atoms with Crippen molar-refractivity contribution in [2.24, 2.45) is 0 Å². The second-order valence-corrected chi connectivity index (χ2v) is 9.17. The van der Waals surface area contributed by atoms with Gasteiger partial charge in [0.05, 0.1) is 18.4 Å². The number of ether oxygens (including phenoxy) is 1. The molecule has 1 unspecified atom stereocenters. The highest BCUT2D eigenvalue weighted by Gasteiger charge is 2.18. The van der Waals surface area contributed by atoms with Crippen molar-refractivity contribution in [3.05, 3.63) is 83.7 Å². The van der Waals surface area contributed by atoms with Crippen molar-refractivity contribution in [2.45, 2.75) is 38.9 Å². The third kappa shape index (κ3) is 5.89. The highest BCUT2D eigenvalue weighted by Crippen LogP contribution is 2.28. The maximum Gasteiger partial charge on any atom is 0.230 e. The first-order chi connectivity index (χ1) is 17.0. The van der Waals surface area contributed by atoms with Crippen LogP contribution in [0.2, 0.25) is 0 Å². The molecule has 4 aromatic rings. The molecule has 8 heteroatoms. The van der Waals surface area contributed by atoms with Crippen LogP contribution in [0.3, 0.4) is 0 Å². The van der Waals surface area contributed by atoms with Crippen molar-refractivity contribution in [3.8, 4) is 22.8 Å². The Bertz CT molecular complexity index is 1290. The normalized spacial score (nSPS) is 11.8. The van der Waals surface area contributed by atoms with E-state index in [0.29, 0.717) is 17.6 Å². The Morgan fingerprint density at radius 2 is 1.89 bits per heavy atom. The van der Waals surface area contributed by atoms with E-state index in [1.54, 1.807) is 12.4 Å². The molecule has 0 aliphatic heterocycles.